The fraction of sp³-hybridized carbons (Fsp3) is 0.167. The van der Waals surface area contributed by atoms with Gasteiger partial charge in [0, 0.05) is 0 Å². The number of pyridine rings is 1. The second-order valence-electron chi connectivity index (χ2n) is 1.75. The fourth-order valence-corrected chi connectivity index (χ4v) is 1.68. The molecule has 1 aromatic rings. The van der Waals surface area contributed by atoms with Gasteiger partial charge in [-0.3, -0.25) is 0 Å². The van der Waals surface area contributed by atoms with Crippen LogP contribution >= 0.6 is 31.9 Å². The van der Waals surface area contributed by atoms with Gasteiger partial charge in [-0.2, -0.15) is 9.37 Å². The molecule has 0 atom stereocenters. The Bertz CT molecular complexity index is 280. The van der Waals surface area contributed by atoms with Crippen LogP contribution in [0.5, 0.6) is 5.88 Å². The lowest BCUT2D eigenvalue weighted by Gasteiger charge is -2.01. The summed E-state index contributed by atoms with van der Waals surface area (Å²) in [5, 5.41) is 0. The van der Waals surface area contributed by atoms with Crippen LogP contribution in [0.1, 0.15) is 0 Å². The summed E-state index contributed by atoms with van der Waals surface area (Å²) >= 11 is 6.14. The standard InChI is InChI=1S/C6H4Br2FNO/c1-11-6-4(8)2-3(7)5(9)10-6/h2H,1H3. The Hall–Kier alpha value is -0.160. The van der Waals surface area contributed by atoms with Crippen molar-refractivity contribution in [2.75, 3.05) is 7.11 Å². The SMILES string of the molecule is COc1nc(F)c(Br)cc1Br. The third-order valence-corrected chi connectivity index (χ3v) is 2.17. The maximum absolute atomic E-state index is 12.7. The Morgan fingerprint density at radius 1 is 1.45 bits per heavy atom. The normalized spacial score (nSPS) is 9.82. The van der Waals surface area contributed by atoms with E-state index in [9.17, 15) is 4.39 Å². The van der Waals surface area contributed by atoms with Crippen molar-refractivity contribution in [2.45, 2.75) is 0 Å². The zero-order valence-electron chi connectivity index (χ0n) is 5.57. The Balaban J connectivity index is 3.21. The van der Waals surface area contributed by atoms with Gasteiger partial charge in [-0.1, -0.05) is 0 Å². The van der Waals surface area contributed by atoms with Crippen molar-refractivity contribution in [3.05, 3.63) is 21.0 Å². The summed E-state index contributed by atoms with van der Waals surface area (Å²) in [7, 11) is 1.43. The van der Waals surface area contributed by atoms with Gasteiger partial charge in [0.25, 0.3) is 0 Å². The van der Waals surface area contributed by atoms with E-state index in [1.165, 1.54) is 7.11 Å². The van der Waals surface area contributed by atoms with Crippen LogP contribution in [0.4, 0.5) is 4.39 Å². The molecule has 2 nitrogen and oxygen atoms in total. The first-order valence-electron chi connectivity index (χ1n) is 2.70. The average molecular weight is 285 g/mol. The predicted molar refractivity (Wildman–Crippen MR) is 46.1 cm³/mol. The third-order valence-electron chi connectivity index (χ3n) is 1.05. The topological polar surface area (TPSA) is 22.1 Å². The molecule has 5 heteroatoms. The predicted octanol–water partition coefficient (Wildman–Crippen LogP) is 2.75. The molecular weight excluding hydrogens is 281 g/mol. The molecule has 0 aliphatic rings. The van der Waals surface area contributed by atoms with E-state index in [-0.39, 0.29) is 5.88 Å². The minimum atomic E-state index is -0.579. The summed E-state index contributed by atoms with van der Waals surface area (Å²) in [5.74, 6) is -0.337. The summed E-state index contributed by atoms with van der Waals surface area (Å²) in [5.41, 5.74) is 0. The molecule has 0 spiro atoms. The van der Waals surface area contributed by atoms with Crippen LogP contribution in [0.2, 0.25) is 0 Å². The van der Waals surface area contributed by atoms with Gasteiger partial charge in [0.2, 0.25) is 11.8 Å². The monoisotopic (exact) mass is 283 g/mol. The van der Waals surface area contributed by atoms with E-state index in [2.05, 4.69) is 36.8 Å². The van der Waals surface area contributed by atoms with Gasteiger partial charge >= 0.3 is 0 Å². The van der Waals surface area contributed by atoms with Crippen molar-refractivity contribution in [3.63, 3.8) is 0 Å². The van der Waals surface area contributed by atoms with E-state index in [4.69, 9.17) is 4.74 Å². The zero-order chi connectivity index (χ0) is 8.43. The fourth-order valence-electron chi connectivity index (χ4n) is 0.572. The molecule has 0 N–H and O–H groups in total. The average Bonchev–Trinajstić information content (AvgIpc) is 1.97. The largest absolute Gasteiger partial charge is 0.480 e. The molecule has 0 radical (unpaired) electrons. The molecule has 60 valence electrons. The molecule has 1 rings (SSSR count). The van der Waals surface area contributed by atoms with Crippen molar-refractivity contribution in [3.8, 4) is 5.88 Å². The first kappa shape index (κ1) is 8.93. The maximum atomic E-state index is 12.7. The van der Waals surface area contributed by atoms with Gasteiger partial charge in [0.05, 0.1) is 16.1 Å². The van der Waals surface area contributed by atoms with Crippen LogP contribution in [0.15, 0.2) is 15.0 Å². The lowest BCUT2D eigenvalue weighted by atomic mass is 10.5. The second-order valence-corrected chi connectivity index (χ2v) is 3.46. The molecule has 0 aliphatic carbocycles. The van der Waals surface area contributed by atoms with E-state index in [0.29, 0.717) is 8.95 Å². The number of hydrogen-bond acceptors (Lipinski definition) is 2. The van der Waals surface area contributed by atoms with E-state index in [1.807, 2.05) is 0 Å². The second kappa shape index (κ2) is 3.49. The molecular formula is C6H4Br2FNO. The van der Waals surface area contributed by atoms with Crippen LogP contribution < -0.4 is 4.74 Å². The molecule has 1 aromatic heterocycles. The minimum Gasteiger partial charge on any atom is -0.480 e. The Labute approximate surface area is 80.0 Å². The van der Waals surface area contributed by atoms with Crippen LogP contribution in [0, 0.1) is 5.95 Å². The molecule has 0 saturated heterocycles. The summed E-state index contributed by atoms with van der Waals surface area (Å²) < 4.78 is 18.4. The highest BCUT2D eigenvalue weighted by atomic mass is 79.9. The van der Waals surface area contributed by atoms with E-state index >= 15 is 0 Å². The molecule has 0 amide bonds. The maximum Gasteiger partial charge on any atom is 0.230 e. The molecule has 0 unspecified atom stereocenters. The van der Waals surface area contributed by atoms with Crippen LogP contribution in [0.25, 0.3) is 0 Å². The molecule has 0 aliphatic heterocycles. The molecule has 0 fully saturated rings. The van der Waals surface area contributed by atoms with Crippen LogP contribution in [-0.4, -0.2) is 12.1 Å². The lowest BCUT2D eigenvalue weighted by Crippen LogP contribution is -1.92. The smallest absolute Gasteiger partial charge is 0.230 e. The van der Waals surface area contributed by atoms with E-state index in [1.54, 1.807) is 6.07 Å². The molecule has 11 heavy (non-hydrogen) atoms. The number of methoxy groups -OCH3 is 1. The summed E-state index contributed by atoms with van der Waals surface area (Å²) in [6.07, 6.45) is 0. The summed E-state index contributed by atoms with van der Waals surface area (Å²) in [4.78, 5) is 3.51. The number of rotatable bonds is 1. The first-order valence-corrected chi connectivity index (χ1v) is 4.29. The zero-order valence-corrected chi connectivity index (χ0v) is 8.74. The quantitative estimate of drug-likeness (QED) is 0.740. The van der Waals surface area contributed by atoms with Gasteiger partial charge in [-0.05, 0) is 37.9 Å². The highest BCUT2D eigenvalue weighted by Crippen LogP contribution is 2.26. The number of hydrogen-bond donors (Lipinski definition) is 0. The van der Waals surface area contributed by atoms with Crippen molar-refractivity contribution in [2.24, 2.45) is 0 Å². The van der Waals surface area contributed by atoms with Gasteiger partial charge in [-0.15, -0.1) is 0 Å². The molecule has 0 saturated carbocycles. The van der Waals surface area contributed by atoms with Crippen molar-refractivity contribution < 1.29 is 9.13 Å². The highest BCUT2D eigenvalue weighted by molar-refractivity contribution is 9.11. The molecule has 0 aromatic carbocycles. The summed E-state index contributed by atoms with van der Waals surface area (Å²) in [6, 6.07) is 1.54. The molecule has 1 heterocycles. The van der Waals surface area contributed by atoms with Gasteiger partial charge in [0.1, 0.15) is 0 Å². The van der Waals surface area contributed by atoms with Gasteiger partial charge in [0.15, 0.2) is 0 Å². The minimum absolute atomic E-state index is 0.241. The van der Waals surface area contributed by atoms with Gasteiger partial charge < -0.3 is 4.74 Å². The van der Waals surface area contributed by atoms with E-state index in [0.717, 1.165) is 0 Å². The van der Waals surface area contributed by atoms with Gasteiger partial charge in [-0.25, -0.2) is 0 Å². The number of halogens is 3. The Kier molecular flexibility index (Phi) is 2.84. The van der Waals surface area contributed by atoms with Crippen molar-refractivity contribution in [1.82, 2.24) is 4.98 Å². The Morgan fingerprint density at radius 3 is 2.64 bits per heavy atom. The van der Waals surface area contributed by atoms with Crippen molar-refractivity contribution in [1.29, 1.82) is 0 Å². The lowest BCUT2D eigenvalue weighted by molar-refractivity contribution is 0.383. The number of nitrogens with zero attached hydrogens (tertiary/aromatic N) is 1. The number of ether oxygens (including phenoxy) is 1. The van der Waals surface area contributed by atoms with Crippen molar-refractivity contribution >= 4 is 31.9 Å². The molecule has 0 bridgehead atoms. The Morgan fingerprint density at radius 2 is 2.09 bits per heavy atom. The third kappa shape index (κ3) is 1.90. The van der Waals surface area contributed by atoms with E-state index < -0.39 is 5.95 Å². The number of aromatic nitrogens is 1. The summed E-state index contributed by atoms with van der Waals surface area (Å²) in [6.45, 7) is 0. The van der Waals surface area contributed by atoms with Crippen LogP contribution in [0.3, 0.4) is 0 Å². The first-order chi connectivity index (χ1) is 5.15. The van der Waals surface area contributed by atoms with Crippen LogP contribution in [-0.2, 0) is 0 Å². The highest BCUT2D eigenvalue weighted by Gasteiger charge is 2.07.